The summed E-state index contributed by atoms with van der Waals surface area (Å²) in [6, 6.07) is 5.86. The summed E-state index contributed by atoms with van der Waals surface area (Å²) in [7, 11) is 0. The van der Waals surface area contributed by atoms with Crippen LogP contribution in [0.25, 0.3) is 0 Å². The lowest BCUT2D eigenvalue weighted by Gasteiger charge is -2.14. The predicted molar refractivity (Wildman–Crippen MR) is 70.8 cm³/mol. The fourth-order valence-corrected chi connectivity index (χ4v) is 1.86. The number of benzene rings is 1. The molecule has 0 spiro atoms. The molecule has 0 N–H and O–H groups in total. The third-order valence-electron chi connectivity index (χ3n) is 3.09. The molecular formula is C15H18O4. The molecule has 0 saturated carbocycles. The Labute approximate surface area is 112 Å². The van der Waals surface area contributed by atoms with E-state index in [-0.39, 0.29) is 12.2 Å². The molecule has 2 fully saturated rings. The fourth-order valence-electron chi connectivity index (χ4n) is 1.86. The second-order valence-electron chi connectivity index (χ2n) is 4.76. The van der Waals surface area contributed by atoms with Crippen LogP contribution in [0.1, 0.15) is 5.56 Å². The first-order valence-corrected chi connectivity index (χ1v) is 6.58. The average molecular weight is 262 g/mol. The first kappa shape index (κ1) is 12.5. The molecule has 0 bridgehead atoms. The van der Waals surface area contributed by atoms with Gasteiger partial charge in [0.1, 0.15) is 36.9 Å². The van der Waals surface area contributed by atoms with Gasteiger partial charge in [-0.15, -0.1) is 6.58 Å². The van der Waals surface area contributed by atoms with Crippen molar-refractivity contribution in [2.24, 2.45) is 0 Å². The van der Waals surface area contributed by atoms with Crippen LogP contribution < -0.4 is 9.47 Å². The van der Waals surface area contributed by atoms with Crippen molar-refractivity contribution < 1.29 is 18.9 Å². The summed E-state index contributed by atoms with van der Waals surface area (Å²) in [5.41, 5.74) is 1.04. The minimum atomic E-state index is 0.251. The lowest BCUT2D eigenvalue weighted by molar-refractivity contribution is 0.249. The van der Waals surface area contributed by atoms with Gasteiger partial charge in [-0.25, -0.2) is 0 Å². The molecule has 2 aliphatic heterocycles. The topological polar surface area (TPSA) is 43.5 Å². The van der Waals surface area contributed by atoms with Gasteiger partial charge in [0.25, 0.3) is 0 Å². The van der Waals surface area contributed by atoms with Crippen LogP contribution in [0, 0.1) is 0 Å². The van der Waals surface area contributed by atoms with Crippen molar-refractivity contribution in [3.8, 4) is 11.5 Å². The van der Waals surface area contributed by atoms with Gasteiger partial charge in [0.05, 0.1) is 13.2 Å². The van der Waals surface area contributed by atoms with E-state index in [0.29, 0.717) is 13.2 Å². The summed E-state index contributed by atoms with van der Waals surface area (Å²) in [4.78, 5) is 0. The predicted octanol–water partition coefficient (Wildman–Crippen LogP) is 1.97. The molecule has 3 rings (SSSR count). The largest absolute Gasteiger partial charge is 0.490 e. The van der Waals surface area contributed by atoms with Crippen LogP contribution in [-0.2, 0) is 15.9 Å². The summed E-state index contributed by atoms with van der Waals surface area (Å²) in [5.74, 6) is 1.70. The SMILES string of the molecule is C=CCc1c(OCC2CO2)cccc1OCC1CO1. The van der Waals surface area contributed by atoms with Crippen LogP contribution in [0.15, 0.2) is 30.9 Å². The van der Waals surface area contributed by atoms with Crippen LogP contribution in [0.4, 0.5) is 0 Å². The number of allylic oxidation sites excluding steroid dienone is 1. The number of hydrogen-bond acceptors (Lipinski definition) is 4. The van der Waals surface area contributed by atoms with Crippen LogP contribution in [-0.4, -0.2) is 38.6 Å². The van der Waals surface area contributed by atoms with Gasteiger partial charge in [0, 0.05) is 5.56 Å². The zero-order chi connectivity index (χ0) is 13.1. The highest BCUT2D eigenvalue weighted by atomic mass is 16.6. The quantitative estimate of drug-likeness (QED) is 0.530. The van der Waals surface area contributed by atoms with E-state index in [2.05, 4.69) is 6.58 Å². The lowest BCUT2D eigenvalue weighted by atomic mass is 10.1. The van der Waals surface area contributed by atoms with E-state index in [1.165, 1.54) is 0 Å². The van der Waals surface area contributed by atoms with Crippen molar-refractivity contribution in [1.29, 1.82) is 0 Å². The number of ether oxygens (including phenoxy) is 4. The van der Waals surface area contributed by atoms with Crippen LogP contribution >= 0.6 is 0 Å². The number of epoxide rings is 2. The highest BCUT2D eigenvalue weighted by molar-refractivity contribution is 5.46. The van der Waals surface area contributed by atoms with E-state index in [1.54, 1.807) is 0 Å². The minimum Gasteiger partial charge on any atom is -0.490 e. The molecule has 1 aromatic rings. The molecule has 4 nitrogen and oxygen atoms in total. The van der Waals surface area contributed by atoms with Crippen molar-refractivity contribution in [3.63, 3.8) is 0 Å². The van der Waals surface area contributed by atoms with Crippen LogP contribution in [0.5, 0.6) is 11.5 Å². The molecule has 2 aliphatic rings. The van der Waals surface area contributed by atoms with Gasteiger partial charge in [-0.3, -0.25) is 0 Å². The molecule has 102 valence electrons. The van der Waals surface area contributed by atoms with Crippen LogP contribution in [0.3, 0.4) is 0 Å². The van der Waals surface area contributed by atoms with Crippen molar-refractivity contribution in [3.05, 3.63) is 36.4 Å². The van der Waals surface area contributed by atoms with Crippen LogP contribution in [0.2, 0.25) is 0 Å². The zero-order valence-corrected chi connectivity index (χ0v) is 10.8. The molecule has 2 saturated heterocycles. The molecule has 0 amide bonds. The highest BCUT2D eigenvalue weighted by Crippen LogP contribution is 2.30. The molecule has 0 radical (unpaired) electrons. The second kappa shape index (κ2) is 5.63. The average Bonchev–Trinajstić information content (AvgIpc) is 3.29. The summed E-state index contributed by atoms with van der Waals surface area (Å²) < 4.78 is 21.9. The first-order valence-electron chi connectivity index (χ1n) is 6.58. The third kappa shape index (κ3) is 3.49. The van der Waals surface area contributed by atoms with Crippen molar-refractivity contribution in [2.45, 2.75) is 18.6 Å². The Bertz CT molecular complexity index is 415. The van der Waals surface area contributed by atoms with E-state index < -0.39 is 0 Å². The smallest absolute Gasteiger partial charge is 0.126 e. The molecule has 0 aliphatic carbocycles. The molecule has 2 unspecified atom stereocenters. The van der Waals surface area contributed by atoms with Gasteiger partial charge < -0.3 is 18.9 Å². The Kier molecular flexibility index (Phi) is 3.71. The van der Waals surface area contributed by atoms with Gasteiger partial charge in [-0.1, -0.05) is 12.1 Å². The maximum absolute atomic E-state index is 5.79. The summed E-state index contributed by atoms with van der Waals surface area (Å²) in [6.45, 7) is 6.58. The minimum absolute atomic E-state index is 0.251. The Balaban J connectivity index is 1.71. The Hall–Kier alpha value is -1.52. The maximum Gasteiger partial charge on any atom is 0.126 e. The number of rotatable bonds is 8. The van der Waals surface area contributed by atoms with Gasteiger partial charge in [-0.05, 0) is 18.6 Å². The molecule has 2 atom stereocenters. The Morgan fingerprint density at radius 1 is 1.11 bits per heavy atom. The van der Waals surface area contributed by atoms with E-state index in [1.807, 2.05) is 24.3 Å². The molecular weight excluding hydrogens is 244 g/mol. The molecule has 1 aromatic carbocycles. The molecule has 4 heteroatoms. The summed E-state index contributed by atoms with van der Waals surface area (Å²) >= 11 is 0. The Morgan fingerprint density at radius 2 is 1.63 bits per heavy atom. The van der Waals surface area contributed by atoms with E-state index in [9.17, 15) is 0 Å². The van der Waals surface area contributed by atoms with Gasteiger partial charge in [-0.2, -0.15) is 0 Å². The fraction of sp³-hybridized carbons (Fsp3) is 0.467. The van der Waals surface area contributed by atoms with Gasteiger partial charge in [0.15, 0.2) is 0 Å². The maximum atomic E-state index is 5.79. The lowest BCUT2D eigenvalue weighted by Crippen LogP contribution is -2.09. The van der Waals surface area contributed by atoms with E-state index in [0.717, 1.165) is 36.7 Å². The monoisotopic (exact) mass is 262 g/mol. The molecule has 2 heterocycles. The zero-order valence-electron chi connectivity index (χ0n) is 10.8. The number of hydrogen-bond donors (Lipinski definition) is 0. The van der Waals surface area contributed by atoms with Crippen molar-refractivity contribution >= 4 is 0 Å². The third-order valence-corrected chi connectivity index (χ3v) is 3.09. The normalized spacial score (nSPS) is 23.8. The summed E-state index contributed by atoms with van der Waals surface area (Å²) in [5, 5.41) is 0. The van der Waals surface area contributed by atoms with Gasteiger partial charge in [0.2, 0.25) is 0 Å². The highest BCUT2D eigenvalue weighted by Gasteiger charge is 2.25. The van der Waals surface area contributed by atoms with Gasteiger partial charge >= 0.3 is 0 Å². The van der Waals surface area contributed by atoms with E-state index in [4.69, 9.17) is 18.9 Å². The molecule has 19 heavy (non-hydrogen) atoms. The summed E-state index contributed by atoms with van der Waals surface area (Å²) in [6.07, 6.45) is 3.08. The standard InChI is InChI=1S/C15H18O4/c1-2-4-13-14(18-9-11-7-16-11)5-3-6-15(13)19-10-12-8-17-12/h2-3,5-6,11-12H,1,4,7-10H2. The first-order chi connectivity index (χ1) is 9.36. The Morgan fingerprint density at radius 3 is 2.05 bits per heavy atom. The van der Waals surface area contributed by atoms with Crippen molar-refractivity contribution in [1.82, 2.24) is 0 Å². The van der Waals surface area contributed by atoms with E-state index >= 15 is 0 Å². The second-order valence-corrected chi connectivity index (χ2v) is 4.76. The van der Waals surface area contributed by atoms with Crippen molar-refractivity contribution in [2.75, 3.05) is 26.4 Å². The molecule has 0 aromatic heterocycles.